The summed E-state index contributed by atoms with van der Waals surface area (Å²) in [4.78, 5) is 11.4. The maximum atomic E-state index is 11.4. The van der Waals surface area contributed by atoms with E-state index in [1.54, 1.807) is 0 Å². The quantitative estimate of drug-likeness (QED) is 0.282. The van der Waals surface area contributed by atoms with E-state index in [4.69, 9.17) is 10.9 Å². The molecule has 0 atom stereocenters. The van der Waals surface area contributed by atoms with Gasteiger partial charge in [0.2, 0.25) is 5.91 Å². The normalized spacial score (nSPS) is 18.8. The molecule has 0 bridgehead atoms. The lowest BCUT2D eigenvalue weighted by molar-refractivity contribution is -0.121. The maximum absolute atomic E-state index is 11.4. The minimum Gasteiger partial charge on any atom is -0.409 e. The summed E-state index contributed by atoms with van der Waals surface area (Å²) in [6.45, 7) is 0.122. The number of carbonyl (C=O) groups excluding carboxylic acids is 1. The second kappa shape index (κ2) is 6.55. The van der Waals surface area contributed by atoms with Crippen LogP contribution in [-0.2, 0) is 4.79 Å². The molecular weight excluding hydrogens is 214 g/mol. The molecule has 0 radical (unpaired) electrons. The number of hydrogen-bond acceptors (Lipinski definition) is 4. The highest BCUT2D eigenvalue weighted by Crippen LogP contribution is 2.24. The first-order valence-electron chi connectivity index (χ1n) is 5.03. The van der Waals surface area contributed by atoms with Crippen LogP contribution in [0.25, 0.3) is 0 Å². The third-order valence-electron chi connectivity index (χ3n) is 2.41. The van der Waals surface area contributed by atoms with E-state index in [1.165, 1.54) is 0 Å². The number of rotatable bonds is 4. The highest BCUT2D eigenvalue weighted by atomic mass is 32.2. The molecule has 0 unspecified atom stereocenters. The molecule has 1 saturated heterocycles. The molecule has 15 heavy (non-hydrogen) atoms. The van der Waals surface area contributed by atoms with Gasteiger partial charge in [-0.3, -0.25) is 4.79 Å². The number of nitrogens with one attached hydrogen (secondary N) is 1. The Bertz CT molecular complexity index is 240. The van der Waals surface area contributed by atoms with Crippen molar-refractivity contribution in [1.82, 2.24) is 5.32 Å². The van der Waals surface area contributed by atoms with E-state index in [0.29, 0.717) is 12.3 Å². The van der Waals surface area contributed by atoms with Gasteiger partial charge in [-0.05, 0) is 30.3 Å². The number of carbonyl (C=O) groups is 1. The number of oxime groups is 1. The van der Waals surface area contributed by atoms with Crippen molar-refractivity contribution in [2.24, 2.45) is 16.8 Å². The fourth-order valence-electron chi connectivity index (χ4n) is 1.51. The zero-order valence-corrected chi connectivity index (χ0v) is 9.42. The number of thioether (sulfide) groups is 1. The van der Waals surface area contributed by atoms with Crippen LogP contribution in [0, 0.1) is 5.92 Å². The van der Waals surface area contributed by atoms with Gasteiger partial charge in [0.1, 0.15) is 0 Å². The SMILES string of the molecule is NC(CNC(=O)CC1CCSCC1)=NO. The third-order valence-corrected chi connectivity index (χ3v) is 3.46. The minimum absolute atomic E-state index is 0.0153. The summed E-state index contributed by atoms with van der Waals surface area (Å²) in [5, 5.41) is 13.7. The van der Waals surface area contributed by atoms with Crippen LogP contribution in [-0.4, -0.2) is 35.0 Å². The van der Waals surface area contributed by atoms with E-state index in [9.17, 15) is 4.79 Å². The van der Waals surface area contributed by atoms with Gasteiger partial charge in [-0.1, -0.05) is 5.16 Å². The summed E-state index contributed by atoms with van der Waals surface area (Å²) >= 11 is 1.94. The molecule has 1 heterocycles. The van der Waals surface area contributed by atoms with Crippen molar-refractivity contribution >= 4 is 23.5 Å². The molecule has 0 aromatic heterocycles. The molecular formula is C9H17N3O2S. The number of nitrogens with two attached hydrogens (primary N) is 1. The summed E-state index contributed by atoms with van der Waals surface area (Å²) in [5.74, 6) is 2.82. The van der Waals surface area contributed by atoms with Gasteiger partial charge >= 0.3 is 0 Å². The first-order chi connectivity index (χ1) is 7.22. The Morgan fingerprint density at radius 3 is 2.80 bits per heavy atom. The summed E-state index contributed by atoms with van der Waals surface area (Å²) < 4.78 is 0. The Balaban J connectivity index is 2.17. The van der Waals surface area contributed by atoms with Gasteiger partial charge in [0.15, 0.2) is 5.84 Å². The molecule has 86 valence electrons. The molecule has 6 heteroatoms. The van der Waals surface area contributed by atoms with E-state index < -0.39 is 0 Å². The van der Waals surface area contributed by atoms with Crippen molar-refractivity contribution in [3.05, 3.63) is 0 Å². The Kier molecular flexibility index (Phi) is 5.31. The summed E-state index contributed by atoms with van der Waals surface area (Å²) in [6.07, 6.45) is 2.78. The van der Waals surface area contributed by atoms with Gasteiger partial charge < -0.3 is 16.3 Å². The molecule has 5 nitrogen and oxygen atoms in total. The maximum Gasteiger partial charge on any atom is 0.220 e. The Morgan fingerprint density at radius 2 is 2.20 bits per heavy atom. The van der Waals surface area contributed by atoms with Crippen molar-refractivity contribution in [3.63, 3.8) is 0 Å². The second-order valence-electron chi connectivity index (χ2n) is 3.63. The van der Waals surface area contributed by atoms with Crippen molar-refractivity contribution in [3.8, 4) is 0 Å². The topological polar surface area (TPSA) is 87.7 Å². The van der Waals surface area contributed by atoms with Gasteiger partial charge in [-0.2, -0.15) is 11.8 Å². The van der Waals surface area contributed by atoms with Crippen LogP contribution in [0.15, 0.2) is 5.16 Å². The number of amides is 1. The van der Waals surface area contributed by atoms with E-state index in [-0.39, 0.29) is 18.3 Å². The van der Waals surface area contributed by atoms with E-state index in [0.717, 1.165) is 24.3 Å². The molecule has 1 aliphatic rings. The Morgan fingerprint density at radius 1 is 1.53 bits per heavy atom. The van der Waals surface area contributed by atoms with Gasteiger partial charge in [-0.15, -0.1) is 0 Å². The van der Waals surface area contributed by atoms with Crippen LogP contribution in [0.3, 0.4) is 0 Å². The van der Waals surface area contributed by atoms with Gasteiger partial charge in [-0.25, -0.2) is 0 Å². The molecule has 0 aromatic carbocycles. The Labute approximate surface area is 93.5 Å². The van der Waals surface area contributed by atoms with Crippen molar-refractivity contribution < 1.29 is 10.0 Å². The predicted molar refractivity (Wildman–Crippen MR) is 61.1 cm³/mol. The summed E-state index contributed by atoms with van der Waals surface area (Å²) in [5.41, 5.74) is 5.24. The highest BCUT2D eigenvalue weighted by Gasteiger charge is 2.16. The monoisotopic (exact) mass is 231 g/mol. The zero-order valence-electron chi connectivity index (χ0n) is 8.61. The molecule has 1 fully saturated rings. The van der Waals surface area contributed by atoms with E-state index >= 15 is 0 Å². The molecule has 0 aromatic rings. The molecule has 0 aliphatic carbocycles. The van der Waals surface area contributed by atoms with Gasteiger partial charge in [0, 0.05) is 6.42 Å². The lowest BCUT2D eigenvalue weighted by atomic mass is 9.98. The first-order valence-corrected chi connectivity index (χ1v) is 6.18. The zero-order chi connectivity index (χ0) is 11.1. The van der Waals surface area contributed by atoms with E-state index in [2.05, 4.69) is 10.5 Å². The number of hydrogen-bond donors (Lipinski definition) is 3. The van der Waals surface area contributed by atoms with Crippen molar-refractivity contribution in [2.45, 2.75) is 19.3 Å². The van der Waals surface area contributed by atoms with Crippen LogP contribution in [0.2, 0.25) is 0 Å². The van der Waals surface area contributed by atoms with Crippen molar-refractivity contribution in [2.75, 3.05) is 18.1 Å². The standard InChI is InChI=1S/C9H17N3O2S/c10-8(12-14)6-11-9(13)5-7-1-3-15-4-2-7/h7,14H,1-6H2,(H2,10,12)(H,11,13). The summed E-state index contributed by atoms with van der Waals surface area (Å²) in [6, 6.07) is 0. The third kappa shape index (κ3) is 4.92. The fraction of sp³-hybridized carbons (Fsp3) is 0.778. The average Bonchev–Trinajstić information content (AvgIpc) is 2.27. The smallest absolute Gasteiger partial charge is 0.220 e. The fourth-order valence-corrected chi connectivity index (χ4v) is 2.71. The average molecular weight is 231 g/mol. The van der Waals surface area contributed by atoms with Gasteiger partial charge in [0.05, 0.1) is 6.54 Å². The molecule has 1 amide bonds. The molecule has 1 rings (SSSR count). The van der Waals surface area contributed by atoms with Crippen LogP contribution in [0.5, 0.6) is 0 Å². The summed E-state index contributed by atoms with van der Waals surface area (Å²) in [7, 11) is 0. The molecule has 0 spiro atoms. The van der Waals surface area contributed by atoms with Crippen LogP contribution < -0.4 is 11.1 Å². The minimum atomic E-state index is -0.0153. The molecule has 1 aliphatic heterocycles. The number of nitrogens with zero attached hydrogens (tertiary/aromatic N) is 1. The van der Waals surface area contributed by atoms with Crippen molar-refractivity contribution in [1.29, 1.82) is 0 Å². The van der Waals surface area contributed by atoms with Crippen LogP contribution >= 0.6 is 11.8 Å². The lowest BCUT2D eigenvalue weighted by Gasteiger charge is -2.20. The lowest BCUT2D eigenvalue weighted by Crippen LogP contribution is -2.34. The van der Waals surface area contributed by atoms with Crippen LogP contribution in [0.1, 0.15) is 19.3 Å². The molecule has 0 saturated carbocycles. The highest BCUT2D eigenvalue weighted by molar-refractivity contribution is 7.99. The first kappa shape index (κ1) is 12.2. The second-order valence-corrected chi connectivity index (χ2v) is 4.85. The van der Waals surface area contributed by atoms with E-state index in [1.807, 2.05) is 11.8 Å². The Hall–Kier alpha value is -0.910. The van der Waals surface area contributed by atoms with Gasteiger partial charge in [0.25, 0.3) is 0 Å². The predicted octanol–water partition coefficient (Wildman–Crippen LogP) is 0.382. The van der Waals surface area contributed by atoms with Crippen LogP contribution in [0.4, 0.5) is 0 Å². The number of amidine groups is 1. The largest absolute Gasteiger partial charge is 0.409 e. The molecule has 4 N–H and O–H groups in total.